The van der Waals surface area contributed by atoms with Gasteiger partial charge >= 0.3 is 0 Å². The Kier molecular flexibility index (Phi) is 3.70. The molecule has 2 rings (SSSR count). The Labute approximate surface area is 103 Å². The summed E-state index contributed by atoms with van der Waals surface area (Å²) >= 11 is 0. The van der Waals surface area contributed by atoms with Crippen molar-refractivity contribution in [3.8, 4) is 6.07 Å². The topological polar surface area (TPSA) is 49.0 Å². The van der Waals surface area contributed by atoms with Crippen molar-refractivity contribution in [2.45, 2.75) is 13.1 Å². The summed E-state index contributed by atoms with van der Waals surface area (Å²) < 4.78 is 31.9. The molecule has 0 fully saturated rings. The van der Waals surface area contributed by atoms with Crippen LogP contribution in [0.2, 0.25) is 0 Å². The van der Waals surface area contributed by atoms with Crippen molar-refractivity contribution in [1.82, 2.24) is 5.32 Å². The van der Waals surface area contributed by atoms with Crippen molar-refractivity contribution < 1.29 is 13.2 Å². The normalized spacial score (nSPS) is 10.3. The summed E-state index contributed by atoms with van der Waals surface area (Å²) in [6.45, 7) is 0.504. The van der Waals surface area contributed by atoms with Crippen molar-refractivity contribution >= 4 is 0 Å². The molecule has 2 aromatic rings. The van der Waals surface area contributed by atoms with E-state index in [0.29, 0.717) is 6.54 Å². The molecule has 0 unspecified atom stereocenters. The van der Waals surface area contributed by atoms with E-state index in [0.717, 1.165) is 17.7 Å². The lowest BCUT2D eigenvalue weighted by Gasteiger charge is -2.06. The standard InChI is InChI=1S/C13H10F2N2O/c14-12-3-10(5-16)4-13(15)11(12)7-17-6-9-1-2-18-8-9/h1-4,8,17H,6-7H2. The lowest BCUT2D eigenvalue weighted by atomic mass is 10.1. The van der Waals surface area contributed by atoms with E-state index < -0.39 is 11.6 Å². The third-order valence-electron chi connectivity index (χ3n) is 2.48. The zero-order valence-electron chi connectivity index (χ0n) is 9.41. The first-order chi connectivity index (χ1) is 8.70. The molecule has 3 nitrogen and oxygen atoms in total. The molecule has 0 saturated heterocycles. The number of rotatable bonds is 4. The van der Waals surface area contributed by atoms with Crippen LogP contribution in [0.1, 0.15) is 16.7 Å². The minimum Gasteiger partial charge on any atom is -0.472 e. The summed E-state index contributed by atoms with van der Waals surface area (Å²) in [4.78, 5) is 0. The summed E-state index contributed by atoms with van der Waals surface area (Å²) in [6.07, 6.45) is 3.08. The number of halogens is 2. The monoisotopic (exact) mass is 248 g/mol. The summed E-state index contributed by atoms with van der Waals surface area (Å²) in [5.41, 5.74) is 0.797. The number of nitrogens with one attached hydrogen (secondary N) is 1. The molecule has 18 heavy (non-hydrogen) atoms. The zero-order valence-corrected chi connectivity index (χ0v) is 9.41. The van der Waals surface area contributed by atoms with Gasteiger partial charge in [0.2, 0.25) is 0 Å². The van der Waals surface area contributed by atoms with Gasteiger partial charge in [0, 0.05) is 24.2 Å². The van der Waals surface area contributed by atoms with Crippen LogP contribution in [0.5, 0.6) is 0 Å². The Morgan fingerprint density at radius 3 is 2.50 bits per heavy atom. The summed E-state index contributed by atoms with van der Waals surface area (Å²) in [6, 6.07) is 5.52. The maximum Gasteiger partial charge on any atom is 0.131 e. The van der Waals surface area contributed by atoms with Gasteiger partial charge in [-0.15, -0.1) is 0 Å². The SMILES string of the molecule is N#Cc1cc(F)c(CNCc2ccoc2)c(F)c1. The van der Waals surface area contributed by atoms with Crippen molar-refractivity contribution in [2.75, 3.05) is 0 Å². The summed E-state index contributed by atoms with van der Waals surface area (Å²) in [5.74, 6) is -1.43. The minimum atomic E-state index is -0.716. The van der Waals surface area contributed by atoms with Crippen LogP contribution in [0.3, 0.4) is 0 Å². The van der Waals surface area contributed by atoms with Gasteiger partial charge in [-0.3, -0.25) is 0 Å². The van der Waals surface area contributed by atoms with Crippen LogP contribution in [0.25, 0.3) is 0 Å². The second kappa shape index (κ2) is 5.43. The highest BCUT2D eigenvalue weighted by molar-refractivity contribution is 5.34. The summed E-state index contributed by atoms with van der Waals surface area (Å²) in [5, 5.41) is 11.5. The van der Waals surface area contributed by atoms with Gasteiger partial charge in [0.05, 0.1) is 24.2 Å². The average Bonchev–Trinajstić information content (AvgIpc) is 2.85. The third kappa shape index (κ3) is 2.73. The van der Waals surface area contributed by atoms with Crippen LogP contribution in [0, 0.1) is 23.0 Å². The molecule has 1 aromatic heterocycles. The van der Waals surface area contributed by atoms with Crippen LogP contribution >= 0.6 is 0 Å². The number of furan rings is 1. The van der Waals surface area contributed by atoms with Crippen LogP contribution in [-0.2, 0) is 13.1 Å². The van der Waals surface area contributed by atoms with E-state index >= 15 is 0 Å². The smallest absolute Gasteiger partial charge is 0.131 e. The quantitative estimate of drug-likeness (QED) is 0.905. The summed E-state index contributed by atoms with van der Waals surface area (Å²) in [7, 11) is 0. The number of benzene rings is 1. The van der Waals surface area contributed by atoms with Gasteiger partial charge in [-0.1, -0.05) is 0 Å². The number of nitrogens with zero attached hydrogens (tertiary/aromatic N) is 1. The van der Waals surface area contributed by atoms with Gasteiger partial charge in [0.1, 0.15) is 11.6 Å². The lowest BCUT2D eigenvalue weighted by Crippen LogP contribution is -2.14. The van der Waals surface area contributed by atoms with E-state index in [2.05, 4.69) is 5.32 Å². The van der Waals surface area contributed by atoms with Gasteiger partial charge in [-0.2, -0.15) is 5.26 Å². The molecule has 1 N–H and O–H groups in total. The Balaban J connectivity index is 2.03. The number of hydrogen-bond acceptors (Lipinski definition) is 3. The van der Waals surface area contributed by atoms with Gasteiger partial charge < -0.3 is 9.73 Å². The number of nitriles is 1. The lowest BCUT2D eigenvalue weighted by molar-refractivity contribution is 0.532. The van der Waals surface area contributed by atoms with Crippen LogP contribution in [0.15, 0.2) is 35.1 Å². The fourth-order valence-electron chi connectivity index (χ4n) is 1.56. The second-order valence-corrected chi connectivity index (χ2v) is 3.77. The molecule has 0 aliphatic heterocycles. The second-order valence-electron chi connectivity index (χ2n) is 3.77. The van der Waals surface area contributed by atoms with E-state index in [9.17, 15) is 8.78 Å². The maximum absolute atomic E-state index is 13.5. The predicted octanol–water partition coefficient (Wildman–Crippen LogP) is 2.72. The zero-order chi connectivity index (χ0) is 13.0. The molecule has 5 heteroatoms. The largest absolute Gasteiger partial charge is 0.472 e. The Morgan fingerprint density at radius 2 is 1.94 bits per heavy atom. The molecular formula is C13H10F2N2O. The molecule has 0 radical (unpaired) electrons. The van der Waals surface area contributed by atoms with Crippen molar-refractivity contribution in [2.24, 2.45) is 0 Å². The third-order valence-corrected chi connectivity index (χ3v) is 2.48. The van der Waals surface area contributed by atoms with E-state index in [1.807, 2.05) is 0 Å². The fourth-order valence-corrected chi connectivity index (χ4v) is 1.56. The van der Waals surface area contributed by atoms with Crippen LogP contribution in [-0.4, -0.2) is 0 Å². The Morgan fingerprint density at radius 1 is 1.22 bits per heavy atom. The van der Waals surface area contributed by atoms with E-state index in [1.54, 1.807) is 18.4 Å². The van der Waals surface area contributed by atoms with Gasteiger partial charge in [0.15, 0.2) is 0 Å². The van der Waals surface area contributed by atoms with E-state index in [4.69, 9.17) is 9.68 Å². The fraction of sp³-hybridized carbons (Fsp3) is 0.154. The molecule has 0 amide bonds. The van der Waals surface area contributed by atoms with Crippen molar-refractivity contribution in [1.29, 1.82) is 5.26 Å². The molecule has 0 aliphatic carbocycles. The highest BCUT2D eigenvalue weighted by Crippen LogP contribution is 2.15. The van der Waals surface area contributed by atoms with Crippen molar-refractivity contribution in [3.63, 3.8) is 0 Å². The maximum atomic E-state index is 13.5. The average molecular weight is 248 g/mol. The Hall–Kier alpha value is -2.19. The van der Waals surface area contributed by atoms with Crippen LogP contribution in [0.4, 0.5) is 8.78 Å². The van der Waals surface area contributed by atoms with E-state index in [1.165, 1.54) is 6.26 Å². The van der Waals surface area contributed by atoms with Crippen molar-refractivity contribution in [3.05, 3.63) is 59.1 Å². The molecule has 1 aromatic carbocycles. The highest BCUT2D eigenvalue weighted by atomic mass is 19.1. The molecule has 0 aliphatic rings. The van der Waals surface area contributed by atoms with Gasteiger partial charge in [-0.25, -0.2) is 8.78 Å². The molecule has 0 saturated carbocycles. The van der Waals surface area contributed by atoms with Gasteiger partial charge in [-0.05, 0) is 18.2 Å². The van der Waals surface area contributed by atoms with Crippen LogP contribution < -0.4 is 5.32 Å². The highest BCUT2D eigenvalue weighted by Gasteiger charge is 2.10. The molecular weight excluding hydrogens is 238 g/mol. The molecule has 92 valence electrons. The predicted molar refractivity (Wildman–Crippen MR) is 60.3 cm³/mol. The molecule has 0 atom stereocenters. The first-order valence-corrected chi connectivity index (χ1v) is 5.30. The molecule has 0 spiro atoms. The number of hydrogen-bond donors (Lipinski definition) is 1. The molecule has 1 heterocycles. The first kappa shape index (κ1) is 12.3. The minimum absolute atomic E-state index is 0.0245. The van der Waals surface area contributed by atoms with Gasteiger partial charge in [0.25, 0.3) is 0 Å². The Bertz CT molecular complexity index is 550. The van der Waals surface area contributed by atoms with E-state index in [-0.39, 0.29) is 17.7 Å². The molecule has 0 bridgehead atoms. The first-order valence-electron chi connectivity index (χ1n) is 5.30.